The minimum absolute atomic E-state index is 0.0409. The molecule has 0 saturated heterocycles. The Balaban J connectivity index is 1.16. The molecule has 0 atom stereocenters. The number of rotatable bonds is 7. The Morgan fingerprint density at radius 1 is 0.317 bits per heavy atom. The highest BCUT2D eigenvalue weighted by molar-refractivity contribution is 6.09. The van der Waals surface area contributed by atoms with Crippen molar-refractivity contribution in [3.63, 3.8) is 0 Å². The van der Waals surface area contributed by atoms with Crippen molar-refractivity contribution in [1.29, 1.82) is 0 Å². The summed E-state index contributed by atoms with van der Waals surface area (Å²) >= 11 is 0. The van der Waals surface area contributed by atoms with Crippen molar-refractivity contribution in [2.75, 3.05) is 4.90 Å². The van der Waals surface area contributed by atoms with Gasteiger partial charge in [-0.05, 0) is 119 Å². The fourth-order valence-electron chi connectivity index (χ4n) is 9.73. The molecule has 1 heteroatoms. The van der Waals surface area contributed by atoms with E-state index in [1.165, 1.54) is 88.3 Å². The maximum Gasteiger partial charge on any atom is 0.0546 e. The first-order chi connectivity index (χ1) is 29.5. The monoisotopic (exact) mass is 765 g/mol. The molecule has 0 radical (unpaired) electrons. The van der Waals surface area contributed by atoms with Crippen LogP contribution in [-0.2, 0) is 5.41 Å². The van der Waals surface area contributed by atoms with Crippen LogP contribution in [-0.4, -0.2) is 0 Å². The summed E-state index contributed by atoms with van der Waals surface area (Å²) in [5, 5.41) is 4.97. The third-order valence-electron chi connectivity index (χ3n) is 12.7. The van der Waals surface area contributed by atoms with Gasteiger partial charge in [-0.3, -0.25) is 0 Å². The van der Waals surface area contributed by atoms with Gasteiger partial charge in [0.05, 0.1) is 5.69 Å². The minimum Gasteiger partial charge on any atom is -0.310 e. The lowest BCUT2D eigenvalue weighted by molar-refractivity contribution is 0.660. The molecule has 0 aromatic heterocycles. The second-order valence-corrected chi connectivity index (χ2v) is 16.5. The van der Waals surface area contributed by atoms with Crippen molar-refractivity contribution >= 4 is 38.6 Å². The molecule has 0 spiro atoms. The SMILES string of the molecule is CC1(C)c2ccccc2-c2cc(-c3cccc(N(c4ccc5c(ccc6ccccc65)c4)c4cccc(-c5ccccc5)c4-c4ccccc4-c4ccccc4)c3)ccc21. The highest BCUT2D eigenvalue weighted by Crippen LogP contribution is 2.51. The molecule has 10 aromatic carbocycles. The van der Waals surface area contributed by atoms with Crippen LogP contribution in [0.25, 0.3) is 77.2 Å². The summed E-state index contributed by atoms with van der Waals surface area (Å²) in [6.07, 6.45) is 0. The Bertz CT molecular complexity index is 3230. The van der Waals surface area contributed by atoms with Crippen LogP contribution in [0.2, 0.25) is 0 Å². The normalized spacial score (nSPS) is 12.6. The van der Waals surface area contributed by atoms with Gasteiger partial charge in [-0.2, -0.15) is 0 Å². The van der Waals surface area contributed by atoms with Crippen LogP contribution < -0.4 is 4.90 Å². The van der Waals surface area contributed by atoms with Gasteiger partial charge in [0.25, 0.3) is 0 Å². The van der Waals surface area contributed by atoms with E-state index in [1.54, 1.807) is 0 Å². The summed E-state index contributed by atoms with van der Waals surface area (Å²) in [6.45, 7) is 4.69. The van der Waals surface area contributed by atoms with Gasteiger partial charge in [-0.1, -0.05) is 202 Å². The first kappa shape index (κ1) is 35.7. The molecule has 1 aliphatic carbocycles. The summed E-state index contributed by atoms with van der Waals surface area (Å²) < 4.78 is 0. The second-order valence-electron chi connectivity index (χ2n) is 16.5. The molecule has 11 rings (SSSR count). The lowest BCUT2D eigenvalue weighted by Crippen LogP contribution is -2.14. The first-order valence-electron chi connectivity index (χ1n) is 20.9. The van der Waals surface area contributed by atoms with Crippen LogP contribution in [0.5, 0.6) is 0 Å². The Labute approximate surface area is 352 Å². The van der Waals surface area contributed by atoms with Gasteiger partial charge in [-0.15, -0.1) is 0 Å². The topological polar surface area (TPSA) is 3.24 Å². The summed E-state index contributed by atoms with van der Waals surface area (Å²) in [5.41, 5.74) is 18.2. The number of fused-ring (bicyclic) bond motifs is 6. The average molecular weight is 766 g/mol. The molecule has 1 nitrogen and oxygen atoms in total. The van der Waals surface area contributed by atoms with Crippen molar-refractivity contribution in [2.45, 2.75) is 19.3 Å². The molecular formula is C59H43N. The van der Waals surface area contributed by atoms with Gasteiger partial charge in [0.2, 0.25) is 0 Å². The zero-order chi connectivity index (χ0) is 40.2. The lowest BCUT2D eigenvalue weighted by Gasteiger charge is -2.30. The van der Waals surface area contributed by atoms with E-state index in [0.717, 1.165) is 17.1 Å². The van der Waals surface area contributed by atoms with E-state index in [0.29, 0.717) is 0 Å². The summed E-state index contributed by atoms with van der Waals surface area (Å²) in [4.78, 5) is 2.48. The number of benzene rings is 10. The third-order valence-corrected chi connectivity index (χ3v) is 12.7. The number of hydrogen-bond donors (Lipinski definition) is 0. The number of hydrogen-bond acceptors (Lipinski definition) is 1. The van der Waals surface area contributed by atoms with E-state index in [4.69, 9.17) is 0 Å². The van der Waals surface area contributed by atoms with Gasteiger partial charge in [0.1, 0.15) is 0 Å². The van der Waals surface area contributed by atoms with Crippen LogP contribution >= 0.6 is 0 Å². The number of nitrogens with zero attached hydrogens (tertiary/aromatic N) is 1. The summed E-state index contributed by atoms with van der Waals surface area (Å²) in [7, 11) is 0. The molecule has 10 aromatic rings. The van der Waals surface area contributed by atoms with E-state index in [9.17, 15) is 0 Å². The zero-order valence-electron chi connectivity index (χ0n) is 33.8. The Morgan fingerprint density at radius 3 is 1.70 bits per heavy atom. The minimum atomic E-state index is -0.0409. The lowest BCUT2D eigenvalue weighted by atomic mass is 9.82. The van der Waals surface area contributed by atoms with E-state index < -0.39 is 0 Å². The van der Waals surface area contributed by atoms with Crippen LogP contribution in [0.4, 0.5) is 17.1 Å². The predicted octanol–water partition coefficient (Wildman–Crippen LogP) is 16.4. The maximum atomic E-state index is 2.48. The summed E-state index contributed by atoms with van der Waals surface area (Å²) in [6, 6.07) is 82.6. The standard InChI is InChI=1S/C59H43N/c1-59(2)55-29-14-13-26-52(55)54-39-44(33-36-56(54)59)43-22-15-23-46(37-43)60(47-34-35-50-45(38-47)32-31-42-21-9-10-24-48(42)50)57-30-16-28-51(41-19-7-4-8-20-41)58(57)53-27-12-11-25-49(53)40-17-5-3-6-18-40/h3-39H,1-2H3. The second kappa shape index (κ2) is 14.4. The molecule has 60 heavy (non-hydrogen) atoms. The van der Waals surface area contributed by atoms with Crippen molar-refractivity contribution in [3.8, 4) is 55.6 Å². The number of anilines is 3. The van der Waals surface area contributed by atoms with Crippen molar-refractivity contribution < 1.29 is 0 Å². The highest BCUT2D eigenvalue weighted by atomic mass is 15.1. The molecule has 1 aliphatic rings. The smallest absolute Gasteiger partial charge is 0.0546 e. The molecule has 0 saturated carbocycles. The van der Waals surface area contributed by atoms with Crippen LogP contribution in [0, 0.1) is 0 Å². The molecule has 0 heterocycles. The van der Waals surface area contributed by atoms with Gasteiger partial charge in [0, 0.05) is 22.4 Å². The largest absolute Gasteiger partial charge is 0.310 e. The molecule has 0 N–H and O–H groups in total. The van der Waals surface area contributed by atoms with E-state index in [2.05, 4.69) is 243 Å². The third kappa shape index (κ3) is 5.93. The fourth-order valence-corrected chi connectivity index (χ4v) is 9.73. The van der Waals surface area contributed by atoms with Crippen molar-refractivity contribution in [2.24, 2.45) is 0 Å². The van der Waals surface area contributed by atoms with Gasteiger partial charge in [0.15, 0.2) is 0 Å². The zero-order valence-corrected chi connectivity index (χ0v) is 33.8. The van der Waals surface area contributed by atoms with Gasteiger partial charge >= 0.3 is 0 Å². The maximum absolute atomic E-state index is 2.48. The molecular weight excluding hydrogens is 723 g/mol. The van der Waals surface area contributed by atoms with Crippen molar-refractivity contribution in [3.05, 3.63) is 236 Å². The predicted molar refractivity (Wildman–Crippen MR) is 255 cm³/mol. The highest BCUT2D eigenvalue weighted by Gasteiger charge is 2.35. The van der Waals surface area contributed by atoms with Gasteiger partial charge in [-0.25, -0.2) is 0 Å². The molecule has 284 valence electrons. The van der Waals surface area contributed by atoms with E-state index in [1.807, 2.05) is 0 Å². The average Bonchev–Trinajstić information content (AvgIpc) is 3.54. The fraction of sp³-hybridized carbons (Fsp3) is 0.0508. The van der Waals surface area contributed by atoms with Crippen molar-refractivity contribution in [1.82, 2.24) is 0 Å². The van der Waals surface area contributed by atoms with Crippen LogP contribution in [0.15, 0.2) is 224 Å². The van der Waals surface area contributed by atoms with E-state index >= 15 is 0 Å². The molecule has 0 fully saturated rings. The Hall–Kier alpha value is -7.48. The van der Waals surface area contributed by atoms with Crippen LogP contribution in [0.3, 0.4) is 0 Å². The molecule has 0 bridgehead atoms. The Morgan fingerprint density at radius 2 is 0.883 bits per heavy atom. The quantitative estimate of drug-likeness (QED) is 0.146. The summed E-state index contributed by atoms with van der Waals surface area (Å²) in [5.74, 6) is 0. The van der Waals surface area contributed by atoms with Crippen LogP contribution in [0.1, 0.15) is 25.0 Å². The Kier molecular flexibility index (Phi) is 8.57. The van der Waals surface area contributed by atoms with E-state index in [-0.39, 0.29) is 5.41 Å². The first-order valence-corrected chi connectivity index (χ1v) is 20.9. The van der Waals surface area contributed by atoms with Gasteiger partial charge < -0.3 is 4.90 Å². The molecule has 0 aliphatic heterocycles. The molecule has 0 amide bonds. The molecule has 0 unspecified atom stereocenters.